The Kier molecular flexibility index (Phi) is 5.27. The number of thiocarbonyl (C=S) groups is 1. The number of amides is 1. The molecule has 1 fully saturated rings. The number of carbonyl (C=O) groups is 2. The van der Waals surface area contributed by atoms with Crippen molar-refractivity contribution in [3.05, 3.63) is 81.9 Å². The fourth-order valence-corrected chi connectivity index (χ4v) is 4.27. The number of anilines is 1. The summed E-state index contributed by atoms with van der Waals surface area (Å²) in [6.45, 7) is 0. The molecule has 0 radical (unpaired) electrons. The lowest BCUT2D eigenvalue weighted by atomic mass is 10.1. The highest BCUT2D eigenvalue weighted by atomic mass is 35.5. The van der Waals surface area contributed by atoms with E-state index in [0.717, 1.165) is 0 Å². The van der Waals surface area contributed by atoms with Crippen LogP contribution >= 0.6 is 35.6 Å². The van der Waals surface area contributed by atoms with Crippen LogP contribution in [0.5, 0.6) is 0 Å². The molecule has 1 aliphatic heterocycles. The van der Waals surface area contributed by atoms with E-state index in [2.05, 4.69) is 0 Å². The minimum atomic E-state index is -1.04. The molecule has 0 spiro atoms. The monoisotopic (exact) mass is 441 g/mol. The van der Waals surface area contributed by atoms with Crippen molar-refractivity contribution >= 4 is 63.5 Å². The van der Waals surface area contributed by atoms with Crippen molar-refractivity contribution in [1.29, 1.82) is 0 Å². The number of carbonyl (C=O) groups excluding carboxylic acids is 1. The van der Waals surface area contributed by atoms with Gasteiger partial charge in [-0.25, -0.2) is 4.79 Å². The largest absolute Gasteiger partial charge is 0.478 e. The van der Waals surface area contributed by atoms with E-state index in [-0.39, 0.29) is 11.5 Å². The number of aromatic carboxylic acids is 1. The van der Waals surface area contributed by atoms with Gasteiger partial charge in [0.1, 0.15) is 11.5 Å². The van der Waals surface area contributed by atoms with E-state index in [9.17, 15) is 14.7 Å². The summed E-state index contributed by atoms with van der Waals surface area (Å²) in [6.07, 6.45) is 1.60. The average molecular weight is 442 g/mol. The van der Waals surface area contributed by atoms with Crippen molar-refractivity contribution in [1.82, 2.24) is 0 Å². The zero-order valence-corrected chi connectivity index (χ0v) is 17.1. The molecule has 1 aromatic heterocycles. The van der Waals surface area contributed by atoms with Crippen LogP contribution < -0.4 is 4.90 Å². The number of hydrogen-bond acceptors (Lipinski definition) is 5. The average Bonchev–Trinajstić information content (AvgIpc) is 3.27. The molecule has 8 heteroatoms. The van der Waals surface area contributed by atoms with Gasteiger partial charge in [-0.3, -0.25) is 9.69 Å². The minimum Gasteiger partial charge on any atom is -0.478 e. The first kappa shape index (κ1) is 19.4. The SMILES string of the molecule is O=C(O)c1ccccc1-c1ccc(/C=C2/SC(=S)N(c3ccc(Cl)cc3)C2=O)o1. The first-order chi connectivity index (χ1) is 13.9. The van der Waals surface area contributed by atoms with Crippen LogP contribution in [0, 0.1) is 0 Å². The highest BCUT2D eigenvalue weighted by molar-refractivity contribution is 8.27. The van der Waals surface area contributed by atoms with E-state index in [1.54, 1.807) is 60.7 Å². The predicted octanol–water partition coefficient (Wildman–Crippen LogP) is 5.70. The standard InChI is InChI=1S/C21H12ClNO4S2/c22-12-5-7-13(8-6-12)23-19(24)18(29-21(23)28)11-14-9-10-17(27-14)15-3-1-2-4-16(15)20(25)26/h1-11H,(H,25,26)/b18-11+. The summed E-state index contributed by atoms with van der Waals surface area (Å²) in [6, 6.07) is 16.8. The fourth-order valence-electron chi connectivity index (χ4n) is 2.87. The third-order valence-electron chi connectivity index (χ3n) is 4.20. The molecule has 1 N–H and O–H groups in total. The number of furan rings is 1. The lowest BCUT2D eigenvalue weighted by Crippen LogP contribution is -2.27. The predicted molar refractivity (Wildman–Crippen MR) is 118 cm³/mol. The third-order valence-corrected chi connectivity index (χ3v) is 5.76. The van der Waals surface area contributed by atoms with Gasteiger partial charge in [-0.2, -0.15) is 0 Å². The first-order valence-electron chi connectivity index (χ1n) is 8.40. The summed E-state index contributed by atoms with van der Waals surface area (Å²) < 4.78 is 6.19. The minimum absolute atomic E-state index is 0.141. The van der Waals surface area contributed by atoms with Crippen LogP contribution in [-0.2, 0) is 4.79 Å². The summed E-state index contributed by atoms with van der Waals surface area (Å²) in [5.74, 6) is -0.465. The molecule has 0 bridgehead atoms. The quantitative estimate of drug-likeness (QED) is 0.413. The van der Waals surface area contributed by atoms with Crippen molar-refractivity contribution in [2.75, 3.05) is 4.90 Å². The lowest BCUT2D eigenvalue weighted by Gasteiger charge is -2.14. The molecule has 0 saturated carbocycles. The molecule has 1 amide bonds. The van der Waals surface area contributed by atoms with E-state index >= 15 is 0 Å². The Morgan fingerprint density at radius 1 is 1.10 bits per heavy atom. The van der Waals surface area contributed by atoms with Gasteiger partial charge in [0, 0.05) is 16.7 Å². The van der Waals surface area contributed by atoms with Gasteiger partial charge in [-0.1, -0.05) is 53.8 Å². The van der Waals surface area contributed by atoms with Crippen LogP contribution in [0.1, 0.15) is 16.1 Å². The molecule has 1 aliphatic rings. The Labute approximate surface area is 180 Å². The van der Waals surface area contributed by atoms with Gasteiger partial charge in [0.2, 0.25) is 0 Å². The van der Waals surface area contributed by atoms with Gasteiger partial charge >= 0.3 is 5.97 Å². The van der Waals surface area contributed by atoms with Gasteiger partial charge in [0.25, 0.3) is 5.91 Å². The molecule has 29 heavy (non-hydrogen) atoms. The number of carboxylic acid groups (broad SMARTS) is 1. The fraction of sp³-hybridized carbons (Fsp3) is 0. The summed E-state index contributed by atoms with van der Waals surface area (Å²) in [7, 11) is 0. The molecular weight excluding hydrogens is 430 g/mol. The molecule has 0 aliphatic carbocycles. The van der Waals surface area contributed by atoms with E-state index in [1.165, 1.54) is 22.7 Å². The van der Waals surface area contributed by atoms with Gasteiger partial charge in [0.15, 0.2) is 4.32 Å². The molecule has 3 aromatic rings. The lowest BCUT2D eigenvalue weighted by molar-refractivity contribution is -0.113. The van der Waals surface area contributed by atoms with Crippen molar-refractivity contribution in [2.24, 2.45) is 0 Å². The van der Waals surface area contributed by atoms with Crippen molar-refractivity contribution < 1.29 is 19.1 Å². The molecule has 2 aromatic carbocycles. The number of nitrogens with zero attached hydrogens (tertiary/aromatic N) is 1. The van der Waals surface area contributed by atoms with E-state index in [4.69, 9.17) is 28.2 Å². The maximum atomic E-state index is 12.8. The number of hydrogen-bond donors (Lipinski definition) is 1. The second-order valence-electron chi connectivity index (χ2n) is 6.05. The third kappa shape index (κ3) is 3.85. The topological polar surface area (TPSA) is 70.8 Å². The number of halogens is 1. The van der Waals surface area contributed by atoms with Gasteiger partial charge in [0.05, 0.1) is 16.2 Å². The van der Waals surface area contributed by atoms with Crippen LogP contribution in [0.25, 0.3) is 17.4 Å². The zero-order valence-electron chi connectivity index (χ0n) is 14.7. The van der Waals surface area contributed by atoms with E-state index in [0.29, 0.717) is 37.0 Å². The number of benzene rings is 2. The Bertz CT molecular complexity index is 1170. The summed E-state index contributed by atoms with van der Waals surface area (Å²) in [5.41, 5.74) is 1.24. The van der Waals surface area contributed by atoms with Gasteiger partial charge in [-0.15, -0.1) is 0 Å². The molecule has 1 saturated heterocycles. The number of carboxylic acids is 1. The van der Waals surface area contributed by atoms with E-state index < -0.39 is 5.97 Å². The van der Waals surface area contributed by atoms with Gasteiger partial charge in [-0.05, 0) is 42.5 Å². The molecule has 2 heterocycles. The Morgan fingerprint density at radius 3 is 2.55 bits per heavy atom. The summed E-state index contributed by atoms with van der Waals surface area (Å²) in [5, 5.41) is 9.92. The Hall–Kier alpha value is -2.87. The van der Waals surface area contributed by atoms with E-state index in [1.807, 2.05) is 0 Å². The second-order valence-corrected chi connectivity index (χ2v) is 8.16. The number of rotatable bonds is 4. The Morgan fingerprint density at radius 2 is 1.83 bits per heavy atom. The maximum absolute atomic E-state index is 12.8. The second kappa shape index (κ2) is 7.87. The molecule has 5 nitrogen and oxygen atoms in total. The first-order valence-corrected chi connectivity index (χ1v) is 10.0. The van der Waals surface area contributed by atoms with Crippen LogP contribution in [0.3, 0.4) is 0 Å². The number of thioether (sulfide) groups is 1. The van der Waals surface area contributed by atoms with Gasteiger partial charge < -0.3 is 9.52 Å². The Balaban J connectivity index is 1.63. The van der Waals surface area contributed by atoms with Crippen molar-refractivity contribution in [2.45, 2.75) is 0 Å². The van der Waals surface area contributed by atoms with Crippen molar-refractivity contribution in [3.8, 4) is 11.3 Å². The summed E-state index contributed by atoms with van der Waals surface area (Å²) in [4.78, 5) is 26.1. The highest BCUT2D eigenvalue weighted by Gasteiger charge is 2.33. The molecule has 4 rings (SSSR count). The smallest absolute Gasteiger partial charge is 0.336 e. The van der Waals surface area contributed by atoms with Crippen LogP contribution in [-0.4, -0.2) is 21.3 Å². The van der Waals surface area contributed by atoms with Crippen molar-refractivity contribution in [3.63, 3.8) is 0 Å². The molecule has 0 unspecified atom stereocenters. The normalized spacial score (nSPS) is 15.3. The molecule has 144 valence electrons. The molecule has 0 atom stereocenters. The highest BCUT2D eigenvalue weighted by Crippen LogP contribution is 2.37. The molecular formula is C21H12ClNO4S2. The maximum Gasteiger partial charge on any atom is 0.336 e. The van der Waals surface area contributed by atoms with Crippen LogP contribution in [0.15, 0.2) is 70.0 Å². The van der Waals surface area contributed by atoms with Crippen LogP contribution in [0.4, 0.5) is 5.69 Å². The summed E-state index contributed by atoms with van der Waals surface area (Å²) >= 11 is 12.4. The van der Waals surface area contributed by atoms with Crippen LogP contribution in [0.2, 0.25) is 5.02 Å². The zero-order chi connectivity index (χ0) is 20.5.